The largest absolute Gasteiger partial charge is 0.495 e. The first-order chi connectivity index (χ1) is 18.8. The molecule has 0 radical (unpaired) electrons. The standard InChI is InChI=1S/C30H36ClN3O5S/c1-22(29(36)32-30(2,3)4)33(19-18-23-12-8-6-9-13-23)28(35)21-34(24-16-17-27(39-5)26(31)20-24)40(37,38)25-14-10-7-11-15-25/h6-17,20,22H,18-19,21H2,1-5H3,(H,32,36)/t22-/m0/s1. The van der Waals surface area contributed by atoms with E-state index in [2.05, 4.69) is 5.32 Å². The van der Waals surface area contributed by atoms with E-state index in [1.54, 1.807) is 31.2 Å². The van der Waals surface area contributed by atoms with Crippen molar-refractivity contribution in [2.24, 2.45) is 0 Å². The molecule has 40 heavy (non-hydrogen) atoms. The molecule has 10 heteroatoms. The topological polar surface area (TPSA) is 96.0 Å². The fourth-order valence-corrected chi connectivity index (χ4v) is 5.78. The molecule has 0 spiro atoms. The number of rotatable bonds is 11. The first kappa shape index (κ1) is 31.0. The van der Waals surface area contributed by atoms with Gasteiger partial charge in [0.15, 0.2) is 0 Å². The smallest absolute Gasteiger partial charge is 0.264 e. The lowest BCUT2D eigenvalue weighted by Crippen LogP contribution is -2.55. The van der Waals surface area contributed by atoms with Crippen molar-refractivity contribution in [2.75, 3.05) is 24.5 Å². The summed E-state index contributed by atoms with van der Waals surface area (Å²) >= 11 is 6.35. The molecule has 1 N–H and O–H groups in total. The molecule has 1 atom stereocenters. The summed E-state index contributed by atoms with van der Waals surface area (Å²) in [6, 6.07) is 21.1. The Morgan fingerprint density at radius 1 is 0.975 bits per heavy atom. The van der Waals surface area contributed by atoms with Crippen LogP contribution >= 0.6 is 11.6 Å². The number of carbonyl (C=O) groups excluding carboxylic acids is 2. The molecule has 0 aliphatic rings. The van der Waals surface area contributed by atoms with E-state index in [1.807, 2.05) is 51.1 Å². The van der Waals surface area contributed by atoms with Gasteiger partial charge in [0.05, 0.1) is 22.7 Å². The molecule has 3 aromatic carbocycles. The van der Waals surface area contributed by atoms with Crippen LogP contribution in [-0.4, -0.2) is 56.9 Å². The molecular weight excluding hydrogens is 550 g/mol. The van der Waals surface area contributed by atoms with Crippen LogP contribution < -0.4 is 14.4 Å². The van der Waals surface area contributed by atoms with Crippen LogP contribution in [0.1, 0.15) is 33.3 Å². The maximum Gasteiger partial charge on any atom is 0.264 e. The van der Waals surface area contributed by atoms with Gasteiger partial charge in [0.25, 0.3) is 10.0 Å². The molecule has 0 unspecified atom stereocenters. The van der Waals surface area contributed by atoms with Crippen molar-refractivity contribution in [3.63, 3.8) is 0 Å². The van der Waals surface area contributed by atoms with Gasteiger partial charge in [-0.05, 0) is 70.0 Å². The number of hydrogen-bond acceptors (Lipinski definition) is 5. The van der Waals surface area contributed by atoms with Crippen LogP contribution in [0.2, 0.25) is 5.02 Å². The Morgan fingerprint density at radius 2 is 1.57 bits per heavy atom. The van der Waals surface area contributed by atoms with Crippen LogP contribution in [0, 0.1) is 0 Å². The molecule has 0 aromatic heterocycles. The monoisotopic (exact) mass is 585 g/mol. The SMILES string of the molecule is COc1ccc(N(CC(=O)N(CCc2ccccc2)[C@@H](C)C(=O)NC(C)(C)C)S(=O)(=O)c2ccccc2)cc1Cl. The van der Waals surface area contributed by atoms with Gasteiger partial charge in [-0.2, -0.15) is 0 Å². The van der Waals surface area contributed by atoms with Crippen molar-refractivity contribution in [2.45, 2.75) is 50.6 Å². The van der Waals surface area contributed by atoms with E-state index in [0.29, 0.717) is 12.2 Å². The lowest BCUT2D eigenvalue weighted by Gasteiger charge is -2.33. The average Bonchev–Trinajstić information content (AvgIpc) is 2.91. The molecule has 214 valence electrons. The third-order valence-corrected chi connectivity index (χ3v) is 8.27. The molecule has 0 fully saturated rings. The highest BCUT2D eigenvalue weighted by Gasteiger charge is 2.33. The number of hydrogen-bond donors (Lipinski definition) is 1. The number of carbonyl (C=O) groups is 2. The van der Waals surface area contributed by atoms with Gasteiger partial charge in [-0.3, -0.25) is 13.9 Å². The number of nitrogens with one attached hydrogen (secondary N) is 1. The van der Waals surface area contributed by atoms with E-state index >= 15 is 0 Å². The van der Waals surface area contributed by atoms with Crippen molar-refractivity contribution in [1.82, 2.24) is 10.2 Å². The van der Waals surface area contributed by atoms with Gasteiger partial charge in [-0.1, -0.05) is 60.1 Å². The van der Waals surface area contributed by atoms with Crippen molar-refractivity contribution in [3.05, 3.63) is 89.4 Å². The Balaban J connectivity index is 2.01. The Morgan fingerprint density at radius 3 is 2.12 bits per heavy atom. The van der Waals surface area contributed by atoms with E-state index < -0.39 is 34.1 Å². The average molecular weight is 586 g/mol. The number of benzene rings is 3. The van der Waals surface area contributed by atoms with Gasteiger partial charge >= 0.3 is 0 Å². The van der Waals surface area contributed by atoms with Crippen molar-refractivity contribution in [1.29, 1.82) is 0 Å². The van der Waals surface area contributed by atoms with E-state index in [4.69, 9.17) is 16.3 Å². The molecule has 0 aliphatic heterocycles. The highest BCUT2D eigenvalue weighted by molar-refractivity contribution is 7.92. The normalized spacial score (nSPS) is 12.3. The van der Waals surface area contributed by atoms with E-state index in [9.17, 15) is 18.0 Å². The first-order valence-electron chi connectivity index (χ1n) is 12.9. The maximum atomic E-state index is 13.9. The van der Waals surface area contributed by atoms with Crippen LogP contribution in [-0.2, 0) is 26.0 Å². The zero-order valence-corrected chi connectivity index (χ0v) is 25.0. The van der Waals surface area contributed by atoms with Crippen LogP contribution in [0.4, 0.5) is 5.69 Å². The molecule has 0 bridgehead atoms. The Kier molecular flexibility index (Phi) is 10.2. The van der Waals surface area contributed by atoms with Crippen LogP contribution in [0.5, 0.6) is 5.75 Å². The number of nitrogens with zero attached hydrogens (tertiary/aromatic N) is 2. The van der Waals surface area contributed by atoms with Gasteiger partial charge < -0.3 is 15.0 Å². The van der Waals surface area contributed by atoms with Crippen LogP contribution in [0.3, 0.4) is 0 Å². The first-order valence-corrected chi connectivity index (χ1v) is 14.7. The van der Waals surface area contributed by atoms with Crippen molar-refractivity contribution >= 4 is 39.1 Å². The second-order valence-electron chi connectivity index (χ2n) is 10.4. The van der Waals surface area contributed by atoms with Gasteiger partial charge in [0.1, 0.15) is 18.3 Å². The van der Waals surface area contributed by atoms with Gasteiger partial charge in [0, 0.05) is 12.1 Å². The highest BCUT2D eigenvalue weighted by atomic mass is 35.5. The molecule has 8 nitrogen and oxygen atoms in total. The lowest BCUT2D eigenvalue weighted by molar-refractivity contribution is -0.139. The molecule has 0 saturated heterocycles. The van der Waals surface area contributed by atoms with Gasteiger partial charge in [-0.15, -0.1) is 0 Å². The quantitative estimate of drug-likeness (QED) is 0.345. The number of amides is 2. The van der Waals surface area contributed by atoms with Gasteiger partial charge in [-0.25, -0.2) is 8.42 Å². The zero-order chi connectivity index (χ0) is 29.5. The molecule has 3 aromatic rings. The predicted molar refractivity (Wildman–Crippen MR) is 158 cm³/mol. The number of halogens is 1. The summed E-state index contributed by atoms with van der Waals surface area (Å²) in [7, 11) is -2.72. The Labute approximate surface area is 241 Å². The summed E-state index contributed by atoms with van der Waals surface area (Å²) in [5.41, 5.74) is 0.666. The molecule has 0 saturated carbocycles. The summed E-state index contributed by atoms with van der Waals surface area (Å²) < 4.78 is 33.9. The number of ether oxygens (including phenoxy) is 1. The minimum Gasteiger partial charge on any atom is -0.495 e. The van der Waals surface area contributed by atoms with E-state index in [-0.39, 0.29) is 28.1 Å². The van der Waals surface area contributed by atoms with Crippen LogP contribution in [0.25, 0.3) is 0 Å². The highest BCUT2D eigenvalue weighted by Crippen LogP contribution is 2.32. The van der Waals surface area contributed by atoms with Crippen molar-refractivity contribution < 1.29 is 22.7 Å². The van der Waals surface area contributed by atoms with Crippen LogP contribution in [0.15, 0.2) is 83.8 Å². The predicted octanol–water partition coefficient (Wildman–Crippen LogP) is 4.92. The summed E-state index contributed by atoms with van der Waals surface area (Å²) in [6.07, 6.45) is 0.486. The fraction of sp³-hybridized carbons (Fsp3) is 0.333. The number of methoxy groups -OCH3 is 1. The third kappa shape index (κ3) is 7.99. The third-order valence-electron chi connectivity index (χ3n) is 6.18. The number of anilines is 1. The lowest BCUT2D eigenvalue weighted by atomic mass is 10.1. The second-order valence-corrected chi connectivity index (χ2v) is 12.7. The molecule has 2 amide bonds. The minimum absolute atomic E-state index is 0.0177. The molecule has 0 aliphatic carbocycles. The molecular formula is C30H36ClN3O5S. The Hall–Kier alpha value is -3.56. The molecule has 0 heterocycles. The van der Waals surface area contributed by atoms with Gasteiger partial charge in [0.2, 0.25) is 11.8 Å². The van der Waals surface area contributed by atoms with Crippen molar-refractivity contribution in [3.8, 4) is 5.75 Å². The maximum absolute atomic E-state index is 13.9. The second kappa shape index (κ2) is 13.2. The minimum atomic E-state index is -4.18. The fourth-order valence-electron chi connectivity index (χ4n) is 4.10. The summed E-state index contributed by atoms with van der Waals surface area (Å²) in [6.45, 7) is 6.89. The summed E-state index contributed by atoms with van der Waals surface area (Å²) in [4.78, 5) is 28.5. The summed E-state index contributed by atoms with van der Waals surface area (Å²) in [5, 5.41) is 3.11. The summed E-state index contributed by atoms with van der Waals surface area (Å²) in [5.74, 6) is -0.497. The molecule has 3 rings (SSSR count). The number of sulfonamides is 1. The zero-order valence-electron chi connectivity index (χ0n) is 23.4. The Bertz CT molecular complexity index is 1410. The van der Waals surface area contributed by atoms with E-state index in [1.165, 1.54) is 36.3 Å². The van der Waals surface area contributed by atoms with E-state index in [0.717, 1.165) is 9.87 Å².